The molecular weight excluding hydrogens is 230 g/mol. The van der Waals surface area contributed by atoms with E-state index in [1.54, 1.807) is 6.92 Å². The van der Waals surface area contributed by atoms with Gasteiger partial charge in [0.15, 0.2) is 0 Å². The minimum absolute atomic E-state index is 0.0192. The Labute approximate surface area is 86.5 Å². The van der Waals surface area contributed by atoms with E-state index in [9.17, 15) is 4.79 Å². The first-order chi connectivity index (χ1) is 6.11. The average molecular weight is 242 g/mol. The molecule has 1 aromatic rings. The number of alkyl halides is 1. The summed E-state index contributed by atoms with van der Waals surface area (Å²) in [4.78, 5) is 11.1. The van der Waals surface area contributed by atoms with Crippen molar-refractivity contribution in [3.8, 4) is 0 Å². The highest BCUT2D eigenvalue weighted by Crippen LogP contribution is 2.14. The lowest BCUT2D eigenvalue weighted by atomic mass is 10.2. The number of amides is 1. The van der Waals surface area contributed by atoms with E-state index in [0.717, 1.165) is 11.3 Å². The molecule has 0 spiro atoms. The minimum Gasteiger partial charge on any atom is -0.325 e. The molecule has 3 heteroatoms. The van der Waals surface area contributed by atoms with E-state index in [2.05, 4.69) is 21.2 Å². The highest BCUT2D eigenvalue weighted by atomic mass is 79.9. The van der Waals surface area contributed by atoms with Gasteiger partial charge in [-0.1, -0.05) is 34.1 Å². The Hall–Kier alpha value is -0.830. The summed E-state index contributed by atoms with van der Waals surface area (Å²) in [6.07, 6.45) is 0. The van der Waals surface area contributed by atoms with Crippen molar-refractivity contribution in [2.75, 3.05) is 5.32 Å². The van der Waals surface area contributed by atoms with Crippen molar-refractivity contribution in [3.05, 3.63) is 29.8 Å². The molecule has 0 bridgehead atoms. The summed E-state index contributed by atoms with van der Waals surface area (Å²) in [6.45, 7) is 3.77. The quantitative estimate of drug-likeness (QED) is 0.793. The molecule has 1 N–H and O–H groups in total. The van der Waals surface area contributed by atoms with Gasteiger partial charge in [0.25, 0.3) is 0 Å². The number of halogens is 1. The largest absolute Gasteiger partial charge is 0.325 e. The molecule has 0 heterocycles. The second-order valence-corrected chi connectivity index (χ2v) is 4.29. The van der Waals surface area contributed by atoms with Gasteiger partial charge < -0.3 is 5.32 Å². The zero-order chi connectivity index (χ0) is 9.84. The first-order valence-corrected chi connectivity index (χ1v) is 5.03. The van der Waals surface area contributed by atoms with Crippen LogP contribution >= 0.6 is 15.9 Å². The van der Waals surface area contributed by atoms with Crippen LogP contribution in [0.4, 0.5) is 5.69 Å². The first-order valence-electron chi connectivity index (χ1n) is 4.12. The predicted molar refractivity (Wildman–Crippen MR) is 58.2 cm³/mol. The molecular formula is C10H12BrNO. The van der Waals surface area contributed by atoms with E-state index in [0.29, 0.717) is 0 Å². The maximum Gasteiger partial charge on any atom is 0.237 e. The zero-order valence-electron chi connectivity index (χ0n) is 7.67. The molecule has 1 amide bonds. The predicted octanol–water partition coefficient (Wildman–Crippen LogP) is 2.72. The zero-order valence-corrected chi connectivity index (χ0v) is 9.26. The highest BCUT2D eigenvalue weighted by Gasteiger charge is 2.08. The second kappa shape index (κ2) is 4.42. The van der Waals surface area contributed by atoms with E-state index in [1.165, 1.54) is 0 Å². The van der Waals surface area contributed by atoms with E-state index in [-0.39, 0.29) is 10.7 Å². The fourth-order valence-electron chi connectivity index (χ4n) is 0.945. The van der Waals surface area contributed by atoms with Gasteiger partial charge >= 0.3 is 0 Å². The van der Waals surface area contributed by atoms with Gasteiger partial charge in [-0.2, -0.15) is 0 Å². The summed E-state index contributed by atoms with van der Waals surface area (Å²) in [7, 11) is 0. The molecule has 0 radical (unpaired) electrons. The number of aryl methyl sites for hydroxylation is 1. The van der Waals surface area contributed by atoms with Crippen LogP contribution in [0.2, 0.25) is 0 Å². The van der Waals surface area contributed by atoms with Gasteiger partial charge in [-0.15, -0.1) is 0 Å². The van der Waals surface area contributed by atoms with Gasteiger partial charge in [-0.3, -0.25) is 4.79 Å². The summed E-state index contributed by atoms with van der Waals surface area (Å²) in [6, 6.07) is 7.71. The average Bonchev–Trinajstić information content (AvgIpc) is 2.08. The number of rotatable bonds is 2. The van der Waals surface area contributed by atoms with Gasteiger partial charge in [0, 0.05) is 5.69 Å². The highest BCUT2D eigenvalue weighted by molar-refractivity contribution is 9.10. The number of para-hydroxylation sites is 1. The van der Waals surface area contributed by atoms with Crippen molar-refractivity contribution < 1.29 is 4.79 Å². The minimum atomic E-state index is -0.160. The van der Waals surface area contributed by atoms with E-state index >= 15 is 0 Å². The third-order valence-electron chi connectivity index (χ3n) is 1.76. The molecule has 0 aliphatic carbocycles. The van der Waals surface area contributed by atoms with Crippen molar-refractivity contribution in [3.63, 3.8) is 0 Å². The molecule has 70 valence electrons. The smallest absolute Gasteiger partial charge is 0.237 e. The topological polar surface area (TPSA) is 29.1 Å². The fraction of sp³-hybridized carbons (Fsp3) is 0.300. The summed E-state index contributed by atoms with van der Waals surface area (Å²) >= 11 is 3.21. The Balaban J connectivity index is 2.75. The lowest BCUT2D eigenvalue weighted by molar-refractivity contribution is -0.115. The van der Waals surface area contributed by atoms with E-state index < -0.39 is 0 Å². The molecule has 13 heavy (non-hydrogen) atoms. The molecule has 0 fully saturated rings. The monoisotopic (exact) mass is 241 g/mol. The molecule has 0 aliphatic heterocycles. The van der Waals surface area contributed by atoms with Crippen molar-refractivity contribution in [2.45, 2.75) is 18.7 Å². The van der Waals surface area contributed by atoms with Crippen LogP contribution in [0, 0.1) is 6.92 Å². The SMILES string of the molecule is Cc1ccccc1NC(=O)[C@H](C)Br. The van der Waals surface area contributed by atoms with Gasteiger partial charge in [0.1, 0.15) is 0 Å². The van der Waals surface area contributed by atoms with Crippen molar-refractivity contribution in [1.29, 1.82) is 0 Å². The molecule has 1 rings (SSSR count). The maximum atomic E-state index is 11.3. The summed E-state index contributed by atoms with van der Waals surface area (Å²) in [5, 5.41) is 2.82. The van der Waals surface area contributed by atoms with Crippen molar-refractivity contribution in [2.24, 2.45) is 0 Å². The standard InChI is InChI=1S/C10H12BrNO/c1-7-5-3-4-6-9(7)12-10(13)8(2)11/h3-6,8H,1-2H3,(H,12,13)/t8-/m0/s1. The summed E-state index contributed by atoms with van der Waals surface area (Å²) in [5.41, 5.74) is 1.95. The molecule has 0 unspecified atom stereocenters. The van der Waals surface area contributed by atoms with Gasteiger partial charge in [-0.05, 0) is 25.5 Å². The Morgan fingerprint density at radius 3 is 2.62 bits per heavy atom. The van der Waals surface area contributed by atoms with Gasteiger partial charge in [0.2, 0.25) is 5.91 Å². The number of hydrogen-bond acceptors (Lipinski definition) is 1. The van der Waals surface area contributed by atoms with Crippen molar-refractivity contribution in [1.82, 2.24) is 0 Å². The Morgan fingerprint density at radius 2 is 2.08 bits per heavy atom. The molecule has 0 aliphatic rings. The third-order valence-corrected chi connectivity index (χ3v) is 2.18. The normalized spacial score (nSPS) is 12.2. The summed E-state index contributed by atoms with van der Waals surface area (Å²) < 4.78 is 0. The molecule has 0 saturated heterocycles. The van der Waals surface area contributed by atoms with Crippen LogP contribution in [0.15, 0.2) is 24.3 Å². The molecule has 1 atom stereocenters. The van der Waals surface area contributed by atoms with Gasteiger partial charge in [-0.25, -0.2) is 0 Å². The number of carbonyl (C=O) groups excluding carboxylic acids is 1. The molecule has 1 aromatic carbocycles. The lowest BCUT2D eigenvalue weighted by Crippen LogP contribution is -2.20. The Kier molecular flexibility index (Phi) is 3.48. The number of benzene rings is 1. The second-order valence-electron chi connectivity index (χ2n) is 2.92. The van der Waals surface area contributed by atoms with Crippen molar-refractivity contribution >= 4 is 27.5 Å². The number of nitrogens with one attached hydrogen (secondary N) is 1. The van der Waals surface area contributed by atoms with Crippen LogP contribution in [0.3, 0.4) is 0 Å². The summed E-state index contributed by atoms with van der Waals surface area (Å²) in [5.74, 6) is -0.0192. The van der Waals surface area contributed by atoms with Crippen LogP contribution in [0.1, 0.15) is 12.5 Å². The lowest BCUT2D eigenvalue weighted by Gasteiger charge is -2.08. The number of hydrogen-bond donors (Lipinski definition) is 1. The van der Waals surface area contributed by atoms with E-state index in [4.69, 9.17) is 0 Å². The van der Waals surface area contributed by atoms with Crippen LogP contribution in [-0.4, -0.2) is 10.7 Å². The molecule has 0 aromatic heterocycles. The Morgan fingerprint density at radius 1 is 1.46 bits per heavy atom. The fourth-order valence-corrected chi connectivity index (χ4v) is 1.06. The van der Waals surface area contributed by atoms with Gasteiger partial charge in [0.05, 0.1) is 4.83 Å². The van der Waals surface area contributed by atoms with Crippen LogP contribution < -0.4 is 5.32 Å². The van der Waals surface area contributed by atoms with Crippen LogP contribution in [-0.2, 0) is 4.79 Å². The molecule has 0 saturated carbocycles. The van der Waals surface area contributed by atoms with Crippen LogP contribution in [0.5, 0.6) is 0 Å². The van der Waals surface area contributed by atoms with Crippen LogP contribution in [0.25, 0.3) is 0 Å². The number of anilines is 1. The maximum absolute atomic E-state index is 11.3. The number of carbonyl (C=O) groups is 1. The first kappa shape index (κ1) is 10.3. The third kappa shape index (κ3) is 2.84. The Bertz CT molecular complexity index is 310. The van der Waals surface area contributed by atoms with E-state index in [1.807, 2.05) is 31.2 Å². The molecule has 2 nitrogen and oxygen atoms in total.